The van der Waals surface area contributed by atoms with Crippen molar-refractivity contribution in [3.05, 3.63) is 75.4 Å². The van der Waals surface area contributed by atoms with Gasteiger partial charge < -0.3 is 0 Å². The molecule has 0 saturated carbocycles. The SMILES string of the molecule is Cc1ccccc1N1C(=O)CC(c2ccccc2Br)C2=C1CC(C)(C)CC2=O. The average molecular weight is 438 g/mol. The molecule has 0 spiro atoms. The van der Waals surface area contributed by atoms with E-state index < -0.39 is 0 Å². The lowest BCUT2D eigenvalue weighted by Gasteiger charge is -2.43. The van der Waals surface area contributed by atoms with E-state index in [0.717, 1.165) is 39.0 Å². The Labute approximate surface area is 174 Å². The van der Waals surface area contributed by atoms with E-state index in [-0.39, 0.29) is 23.0 Å². The summed E-state index contributed by atoms with van der Waals surface area (Å²) in [6.45, 7) is 6.23. The van der Waals surface area contributed by atoms with Crippen molar-refractivity contribution in [1.29, 1.82) is 0 Å². The quantitative estimate of drug-likeness (QED) is 0.584. The van der Waals surface area contributed by atoms with E-state index in [2.05, 4.69) is 29.8 Å². The molecule has 0 fully saturated rings. The number of halogens is 1. The maximum atomic E-state index is 13.4. The largest absolute Gasteiger partial charge is 0.294 e. The number of aryl methyl sites for hydroxylation is 1. The Balaban J connectivity index is 1.94. The maximum absolute atomic E-state index is 13.4. The monoisotopic (exact) mass is 437 g/mol. The summed E-state index contributed by atoms with van der Waals surface area (Å²) in [5.74, 6) is 0.0272. The van der Waals surface area contributed by atoms with Crippen LogP contribution in [0.4, 0.5) is 5.69 Å². The van der Waals surface area contributed by atoms with E-state index in [1.807, 2.05) is 60.4 Å². The van der Waals surface area contributed by atoms with Crippen LogP contribution in [0, 0.1) is 12.3 Å². The molecule has 0 N–H and O–H groups in total. The third kappa shape index (κ3) is 3.24. The number of rotatable bonds is 2. The van der Waals surface area contributed by atoms with Gasteiger partial charge in [-0.05, 0) is 42.0 Å². The highest BCUT2D eigenvalue weighted by Gasteiger charge is 2.44. The molecule has 0 radical (unpaired) electrons. The molecule has 4 rings (SSSR count). The van der Waals surface area contributed by atoms with E-state index in [1.165, 1.54) is 0 Å². The fraction of sp³-hybridized carbons (Fsp3) is 0.333. The Bertz CT molecular complexity index is 1010. The average Bonchev–Trinajstić information content (AvgIpc) is 2.61. The standard InChI is InChI=1S/C24H24BrNO2/c1-15-8-4-7-11-19(15)26-20-13-24(2,3)14-21(27)23(20)17(12-22(26)28)16-9-5-6-10-18(16)25/h4-11,17H,12-14H2,1-3H3. The molecule has 1 unspecified atom stereocenters. The molecule has 1 amide bonds. The minimum Gasteiger partial charge on any atom is -0.294 e. The fourth-order valence-electron chi connectivity index (χ4n) is 4.53. The van der Waals surface area contributed by atoms with Crippen LogP contribution in [-0.2, 0) is 9.59 Å². The van der Waals surface area contributed by atoms with E-state index >= 15 is 0 Å². The summed E-state index contributed by atoms with van der Waals surface area (Å²) < 4.78 is 0.946. The topological polar surface area (TPSA) is 37.4 Å². The van der Waals surface area contributed by atoms with Crippen molar-refractivity contribution in [3.8, 4) is 0 Å². The van der Waals surface area contributed by atoms with Gasteiger partial charge in [-0.25, -0.2) is 0 Å². The second-order valence-electron chi connectivity index (χ2n) is 8.60. The molecule has 1 aliphatic carbocycles. The Morgan fingerprint density at radius 3 is 2.39 bits per heavy atom. The number of hydrogen-bond donors (Lipinski definition) is 0. The third-order valence-corrected chi connectivity index (χ3v) is 6.50. The van der Waals surface area contributed by atoms with Crippen LogP contribution in [0.2, 0.25) is 0 Å². The lowest BCUT2D eigenvalue weighted by Crippen LogP contribution is -2.44. The van der Waals surface area contributed by atoms with E-state index in [4.69, 9.17) is 0 Å². The van der Waals surface area contributed by atoms with Gasteiger partial charge in [-0.3, -0.25) is 14.5 Å². The summed E-state index contributed by atoms with van der Waals surface area (Å²) in [6.07, 6.45) is 1.54. The van der Waals surface area contributed by atoms with Gasteiger partial charge in [-0.2, -0.15) is 0 Å². The van der Waals surface area contributed by atoms with Gasteiger partial charge in [-0.1, -0.05) is 66.2 Å². The van der Waals surface area contributed by atoms with Crippen molar-refractivity contribution >= 4 is 33.3 Å². The van der Waals surface area contributed by atoms with Crippen LogP contribution in [0.3, 0.4) is 0 Å². The molecule has 2 aromatic carbocycles. The second-order valence-corrected chi connectivity index (χ2v) is 9.45. The molecule has 2 aromatic rings. The van der Waals surface area contributed by atoms with Gasteiger partial charge in [0.25, 0.3) is 0 Å². The highest BCUT2D eigenvalue weighted by molar-refractivity contribution is 9.10. The number of carbonyl (C=O) groups excluding carboxylic acids is 2. The van der Waals surface area contributed by atoms with Crippen molar-refractivity contribution in [1.82, 2.24) is 0 Å². The van der Waals surface area contributed by atoms with E-state index in [1.54, 1.807) is 0 Å². The van der Waals surface area contributed by atoms with Gasteiger partial charge in [0.15, 0.2) is 5.78 Å². The predicted octanol–water partition coefficient (Wildman–Crippen LogP) is 5.92. The first-order chi connectivity index (χ1) is 13.3. The first-order valence-electron chi connectivity index (χ1n) is 9.68. The number of Topliss-reactive ketones (excluding diaryl/α,β-unsaturated/α-hetero) is 1. The molecule has 144 valence electrons. The lowest BCUT2D eigenvalue weighted by molar-refractivity contribution is -0.121. The number of carbonyl (C=O) groups is 2. The van der Waals surface area contributed by atoms with Gasteiger partial charge in [0.1, 0.15) is 0 Å². The van der Waals surface area contributed by atoms with Gasteiger partial charge in [0, 0.05) is 34.5 Å². The zero-order chi connectivity index (χ0) is 20.1. The fourth-order valence-corrected chi connectivity index (χ4v) is 5.09. The number of benzene rings is 2. The van der Waals surface area contributed by atoms with Crippen LogP contribution in [0.1, 0.15) is 50.2 Å². The van der Waals surface area contributed by atoms with Gasteiger partial charge in [0.2, 0.25) is 5.91 Å². The number of anilines is 1. The summed E-state index contributed by atoms with van der Waals surface area (Å²) in [5, 5.41) is 0. The summed E-state index contributed by atoms with van der Waals surface area (Å²) in [4.78, 5) is 28.5. The molecule has 0 aromatic heterocycles. The number of hydrogen-bond acceptors (Lipinski definition) is 2. The Morgan fingerprint density at radius 1 is 1.00 bits per heavy atom. The van der Waals surface area contributed by atoms with Crippen LogP contribution >= 0.6 is 15.9 Å². The van der Waals surface area contributed by atoms with Crippen LogP contribution < -0.4 is 4.90 Å². The zero-order valence-corrected chi connectivity index (χ0v) is 18.0. The molecular weight excluding hydrogens is 414 g/mol. The first kappa shape index (κ1) is 19.1. The molecule has 0 bridgehead atoms. The van der Waals surface area contributed by atoms with Crippen molar-refractivity contribution in [3.63, 3.8) is 0 Å². The van der Waals surface area contributed by atoms with E-state index in [0.29, 0.717) is 12.8 Å². The molecule has 1 atom stereocenters. The Morgan fingerprint density at radius 2 is 1.68 bits per heavy atom. The number of amides is 1. The molecule has 4 heteroatoms. The smallest absolute Gasteiger partial charge is 0.232 e. The molecule has 1 aliphatic heterocycles. The summed E-state index contributed by atoms with van der Waals surface area (Å²) in [7, 11) is 0. The summed E-state index contributed by atoms with van der Waals surface area (Å²) in [6, 6.07) is 15.8. The first-order valence-corrected chi connectivity index (χ1v) is 10.5. The van der Waals surface area contributed by atoms with Crippen molar-refractivity contribution in [2.45, 2.75) is 46.0 Å². The van der Waals surface area contributed by atoms with Crippen molar-refractivity contribution in [2.24, 2.45) is 5.41 Å². The number of ketones is 1. The molecule has 1 heterocycles. The maximum Gasteiger partial charge on any atom is 0.232 e. The van der Waals surface area contributed by atoms with Crippen molar-refractivity contribution in [2.75, 3.05) is 4.90 Å². The lowest BCUT2D eigenvalue weighted by atomic mass is 9.69. The van der Waals surface area contributed by atoms with E-state index in [9.17, 15) is 9.59 Å². The molecule has 2 aliphatic rings. The highest BCUT2D eigenvalue weighted by Crippen LogP contribution is 2.49. The Kier molecular flexibility index (Phi) is 4.78. The van der Waals surface area contributed by atoms with Crippen LogP contribution in [0.15, 0.2) is 64.3 Å². The number of nitrogens with zero attached hydrogens (tertiary/aromatic N) is 1. The number of para-hydroxylation sites is 1. The van der Waals surface area contributed by atoms with Crippen LogP contribution in [0.5, 0.6) is 0 Å². The number of allylic oxidation sites excluding steroid dienone is 2. The molecule has 3 nitrogen and oxygen atoms in total. The minimum atomic E-state index is -0.193. The highest BCUT2D eigenvalue weighted by atomic mass is 79.9. The normalized spacial score (nSPS) is 21.7. The van der Waals surface area contributed by atoms with Crippen LogP contribution in [0.25, 0.3) is 0 Å². The zero-order valence-electron chi connectivity index (χ0n) is 16.5. The summed E-state index contributed by atoms with van der Waals surface area (Å²) >= 11 is 3.62. The third-order valence-electron chi connectivity index (χ3n) is 5.78. The molecule has 0 saturated heterocycles. The predicted molar refractivity (Wildman–Crippen MR) is 115 cm³/mol. The summed E-state index contributed by atoms with van der Waals surface area (Å²) in [5.41, 5.74) is 4.48. The van der Waals surface area contributed by atoms with Gasteiger partial charge in [-0.15, -0.1) is 0 Å². The van der Waals surface area contributed by atoms with Crippen molar-refractivity contribution < 1.29 is 9.59 Å². The van der Waals surface area contributed by atoms with Crippen LogP contribution in [-0.4, -0.2) is 11.7 Å². The van der Waals surface area contributed by atoms with Gasteiger partial charge >= 0.3 is 0 Å². The van der Waals surface area contributed by atoms with Gasteiger partial charge in [0.05, 0.1) is 5.69 Å². The minimum absolute atomic E-state index is 0.0549. The molecular formula is C24H24BrNO2. The Hall–Kier alpha value is -2.20. The second kappa shape index (κ2) is 7.00. The molecule has 28 heavy (non-hydrogen) atoms.